The van der Waals surface area contributed by atoms with E-state index in [1.165, 1.54) is 12.1 Å². The highest BCUT2D eigenvalue weighted by atomic mass is 79.9. The van der Waals surface area contributed by atoms with Gasteiger partial charge in [-0.25, -0.2) is 4.39 Å². The summed E-state index contributed by atoms with van der Waals surface area (Å²) < 4.78 is 13.8. The molecule has 1 aliphatic heterocycles. The Morgan fingerprint density at radius 1 is 1.42 bits per heavy atom. The Kier molecular flexibility index (Phi) is 4.52. The lowest BCUT2D eigenvalue weighted by molar-refractivity contribution is 0.0709. The number of benzene rings is 1. The number of nitrogens with zero attached hydrogens (tertiary/aromatic N) is 1. The molecule has 0 unspecified atom stereocenters. The maximum Gasteiger partial charge on any atom is 0.255 e. The number of rotatable bonds is 2. The molecular weight excluding hydrogens is 331 g/mol. The molecule has 0 spiro atoms. The van der Waals surface area contributed by atoms with Gasteiger partial charge in [0.25, 0.3) is 5.91 Å². The minimum atomic E-state index is -0.412. The summed E-state index contributed by atoms with van der Waals surface area (Å²) in [7, 11) is 0. The molecule has 0 bridgehead atoms. The molecule has 102 valence electrons. The van der Waals surface area contributed by atoms with Gasteiger partial charge >= 0.3 is 0 Å². The van der Waals surface area contributed by atoms with Crippen LogP contribution in [0.2, 0.25) is 0 Å². The molecule has 3 nitrogen and oxygen atoms in total. The molecule has 2 N–H and O–H groups in total. The van der Waals surface area contributed by atoms with E-state index in [9.17, 15) is 9.18 Å². The van der Waals surface area contributed by atoms with E-state index in [0.717, 1.165) is 12.8 Å². The molecule has 0 radical (unpaired) electrons. The Bertz CT molecular complexity index is 515. The second kappa shape index (κ2) is 5.96. The smallest absolute Gasteiger partial charge is 0.255 e. The van der Waals surface area contributed by atoms with Gasteiger partial charge in [0.1, 0.15) is 5.82 Å². The molecular formula is C13H14BrFN2OS. The van der Waals surface area contributed by atoms with Crippen LogP contribution in [0.15, 0.2) is 22.7 Å². The third-order valence-corrected chi connectivity index (χ3v) is 4.37. The second-order valence-corrected chi connectivity index (χ2v) is 5.92. The average Bonchev–Trinajstić information content (AvgIpc) is 2.41. The van der Waals surface area contributed by atoms with Gasteiger partial charge in [0.05, 0.1) is 10.6 Å². The van der Waals surface area contributed by atoms with Crippen molar-refractivity contribution in [2.24, 2.45) is 11.7 Å². The standard InChI is InChI=1S/C13H14BrFN2OS/c14-11-2-1-9(15)7-10(11)13(18)17-5-3-8(4-6-17)12(16)19/h1-2,7-8H,3-6H2,(H2,16,19). The summed E-state index contributed by atoms with van der Waals surface area (Å²) in [4.78, 5) is 14.5. The summed E-state index contributed by atoms with van der Waals surface area (Å²) in [5.41, 5.74) is 5.97. The van der Waals surface area contributed by atoms with Crippen LogP contribution in [0, 0.1) is 11.7 Å². The lowest BCUT2D eigenvalue weighted by Gasteiger charge is -2.31. The number of nitrogens with two attached hydrogens (primary N) is 1. The molecule has 0 aliphatic carbocycles. The van der Waals surface area contributed by atoms with Crippen molar-refractivity contribution in [2.45, 2.75) is 12.8 Å². The van der Waals surface area contributed by atoms with Crippen molar-refractivity contribution in [3.8, 4) is 0 Å². The lowest BCUT2D eigenvalue weighted by atomic mass is 9.96. The molecule has 19 heavy (non-hydrogen) atoms. The zero-order chi connectivity index (χ0) is 14.0. The summed E-state index contributed by atoms with van der Waals surface area (Å²) in [6, 6.07) is 4.12. The van der Waals surface area contributed by atoms with Crippen molar-refractivity contribution < 1.29 is 9.18 Å². The van der Waals surface area contributed by atoms with E-state index >= 15 is 0 Å². The molecule has 0 aromatic heterocycles. The van der Waals surface area contributed by atoms with Crippen LogP contribution in [0.3, 0.4) is 0 Å². The normalized spacial score (nSPS) is 16.4. The third kappa shape index (κ3) is 3.30. The van der Waals surface area contributed by atoms with Crippen molar-refractivity contribution in [1.29, 1.82) is 0 Å². The predicted octanol–water partition coefficient (Wildman–Crippen LogP) is 2.73. The van der Waals surface area contributed by atoms with Crippen LogP contribution in [0.25, 0.3) is 0 Å². The summed E-state index contributed by atoms with van der Waals surface area (Å²) in [6.07, 6.45) is 1.54. The summed E-state index contributed by atoms with van der Waals surface area (Å²) >= 11 is 8.25. The molecule has 1 amide bonds. The number of amides is 1. The average molecular weight is 345 g/mol. The summed E-state index contributed by atoms with van der Waals surface area (Å²) in [5, 5.41) is 0. The van der Waals surface area contributed by atoms with Crippen molar-refractivity contribution in [2.75, 3.05) is 13.1 Å². The maximum atomic E-state index is 13.2. The van der Waals surface area contributed by atoms with Gasteiger partial charge < -0.3 is 10.6 Å². The number of thiocarbonyl (C=S) groups is 1. The van der Waals surface area contributed by atoms with E-state index in [1.54, 1.807) is 11.0 Å². The Labute approximate surface area is 125 Å². The Morgan fingerprint density at radius 3 is 2.63 bits per heavy atom. The van der Waals surface area contributed by atoms with Crippen LogP contribution in [-0.4, -0.2) is 28.9 Å². The zero-order valence-electron chi connectivity index (χ0n) is 10.2. The SMILES string of the molecule is NC(=S)C1CCN(C(=O)c2cc(F)ccc2Br)CC1. The largest absolute Gasteiger partial charge is 0.393 e. The van der Waals surface area contributed by atoms with E-state index in [1.807, 2.05) is 0 Å². The number of hydrogen-bond donors (Lipinski definition) is 1. The van der Waals surface area contributed by atoms with Crippen molar-refractivity contribution in [1.82, 2.24) is 4.90 Å². The highest BCUT2D eigenvalue weighted by Crippen LogP contribution is 2.23. The second-order valence-electron chi connectivity index (χ2n) is 4.59. The number of carbonyl (C=O) groups is 1. The van der Waals surface area contributed by atoms with Crippen molar-refractivity contribution in [3.05, 3.63) is 34.1 Å². The van der Waals surface area contributed by atoms with Crippen LogP contribution in [0.5, 0.6) is 0 Å². The first-order valence-corrected chi connectivity index (χ1v) is 7.23. The van der Waals surface area contributed by atoms with Gasteiger partial charge in [-0.2, -0.15) is 0 Å². The molecule has 2 rings (SSSR count). The Balaban J connectivity index is 2.09. The summed E-state index contributed by atoms with van der Waals surface area (Å²) in [6.45, 7) is 1.20. The molecule has 1 aromatic rings. The van der Waals surface area contributed by atoms with Gasteiger partial charge in [-0.1, -0.05) is 12.2 Å². The topological polar surface area (TPSA) is 46.3 Å². The molecule has 1 saturated heterocycles. The van der Waals surface area contributed by atoms with Crippen LogP contribution < -0.4 is 5.73 Å². The van der Waals surface area contributed by atoms with E-state index in [-0.39, 0.29) is 11.8 Å². The first kappa shape index (κ1) is 14.4. The van der Waals surface area contributed by atoms with Crippen LogP contribution in [-0.2, 0) is 0 Å². The maximum absolute atomic E-state index is 13.2. The van der Waals surface area contributed by atoms with Crippen LogP contribution in [0.4, 0.5) is 4.39 Å². The Hall–Kier alpha value is -1.01. The van der Waals surface area contributed by atoms with Crippen LogP contribution in [0.1, 0.15) is 23.2 Å². The van der Waals surface area contributed by atoms with Crippen molar-refractivity contribution >= 4 is 39.0 Å². The fourth-order valence-electron chi connectivity index (χ4n) is 2.20. The molecule has 1 fully saturated rings. The molecule has 1 aromatic carbocycles. The highest BCUT2D eigenvalue weighted by Gasteiger charge is 2.26. The quantitative estimate of drug-likeness (QED) is 0.839. The minimum absolute atomic E-state index is 0.159. The molecule has 6 heteroatoms. The van der Waals surface area contributed by atoms with Crippen LogP contribution >= 0.6 is 28.1 Å². The van der Waals surface area contributed by atoms with E-state index < -0.39 is 5.82 Å². The minimum Gasteiger partial charge on any atom is -0.393 e. The number of carbonyl (C=O) groups excluding carboxylic acids is 1. The first-order valence-electron chi connectivity index (χ1n) is 6.02. The lowest BCUT2D eigenvalue weighted by Crippen LogP contribution is -2.41. The molecule has 1 heterocycles. The summed E-state index contributed by atoms with van der Waals surface area (Å²) in [5.74, 6) is -0.368. The third-order valence-electron chi connectivity index (χ3n) is 3.34. The fourth-order valence-corrected chi connectivity index (χ4v) is 2.85. The monoisotopic (exact) mass is 344 g/mol. The molecule has 1 aliphatic rings. The van der Waals surface area contributed by atoms with Gasteiger partial charge in [-0.15, -0.1) is 0 Å². The molecule has 0 atom stereocenters. The van der Waals surface area contributed by atoms with Gasteiger partial charge in [0.15, 0.2) is 0 Å². The zero-order valence-corrected chi connectivity index (χ0v) is 12.6. The van der Waals surface area contributed by atoms with Gasteiger partial charge in [-0.3, -0.25) is 4.79 Å². The molecule has 0 saturated carbocycles. The number of likely N-dealkylation sites (tertiary alicyclic amines) is 1. The first-order chi connectivity index (χ1) is 8.99. The van der Waals surface area contributed by atoms with Gasteiger partial charge in [0, 0.05) is 23.5 Å². The highest BCUT2D eigenvalue weighted by molar-refractivity contribution is 9.10. The number of halogens is 2. The number of piperidine rings is 1. The van der Waals surface area contributed by atoms with Gasteiger partial charge in [0.2, 0.25) is 0 Å². The van der Waals surface area contributed by atoms with Crippen molar-refractivity contribution in [3.63, 3.8) is 0 Å². The van der Waals surface area contributed by atoms with E-state index in [4.69, 9.17) is 18.0 Å². The van der Waals surface area contributed by atoms with E-state index in [0.29, 0.717) is 28.1 Å². The Morgan fingerprint density at radius 2 is 2.05 bits per heavy atom. The fraction of sp³-hybridized carbons (Fsp3) is 0.385. The van der Waals surface area contributed by atoms with E-state index in [2.05, 4.69) is 15.9 Å². The van der Waals surface area contributed by atoms with Gasteiger partial charge in [-0.05, 0) is 47.0 Å². The number of hydrogen-bond acceptors (Lipinski definition) is 2. The predicted molar refractivity (Wildman–Crippen MR) is 79.5 cm³/mol.